The van der Waals surface area contributed by atoms with Crippen molar-refractivity contribution in [3.05, 3.63) is 46.3 Å². The number of alkyl halides is 11. The van der Waals surface area contributed by atoms with Crippen molar-refractivity contribution in [2.75, 3.05) is 18.4 Å². The van der Waals surface area contributed by atoms with E-state index in [4.69, 9.17) is 14.6 Å². The van der Waals surface area contributed by atoms with Crippen molar-refractivity contribution >= 4 is 17.6 Å². The summed E-state index contributed by atoms with van der Waals surface area (Å²) in [4.78, 5) is 21.5. The van der Waals surface area contributed by atoms with Gasteiger partial charge in [0.05, 0.1) is 6.61 Å². The number of carboxylic acids is 1. The number of hydrogen-bond acceptors (Lipinski definition) is 5. The molecule has 0 unspecified atom stereocenters. The normalized spacial score (nSPS) is 16.7. The lowest BCUT2D eigenvalue weighted by atomic mass is 9.87. The molecule has 0 bridgehead atoms. The molecule has 1 aromatic carbocycles. The molecular weight excluding hydrogens is 569 g/mol. The number of amides is 1. The summed E-state index contributed by atoms with van der Waals surface area (Å²) in [6.45, 7) is 1.25. The highest BCUT2D eigenvalue weighted by atomic mass is 19.4. The number of benzene rings is 1. The fourth-order valence-electron chi connectivity index (χ4n) is 3.74. The summed E-state index contributed by atoms with van der Waals surface area (Å²) in [5, 5.41) is 15.0. The number of rotatable bonds is 3. The molecule has 1 aromatic heterocycles. The number of carbonyl (C=O) groups is 2. The minimum Gasteiger partial charge on any atom is -0.475 e. The third-order valence-corrected chi connectivity index (χ3v) is 5.63. The van der Waals surface area contributed by atoms with Crippen LogP contribution in [-0.2, 0) is 40.9 Å². The van der Waals surface area contributed by atoms with E-state index in [2.05, 4.69) is 15.7 Å². The number of halogens is 11. The number of carbonyl (C=O) groups excluding carboxylic acids is 1. The summed E-state index contributed by atoms with van der Waals surface area (Å²) in [6, 6.07) is 4.41. The molecule has 0 saturated carbocycles. The van der Waals surface area contributed by atoms with Gasteiger partial charge in [-0.25, -0.2) is 4.79 Å². The van der Waals surface area contributed by atoms with Gasteiger partial charge < -0.3 is 20.5 Å². The van der Waals surface area contributed by atoms with Gasteiger partial charge in [-0.2, -0.15) is 53.4 Å². The first-order valence-corrected chi connectivity index (χ1v) is 10.3. The predicted octanol–water partition coefficient (Wildman–Crippen LogP) is 4.31. The van der Waals surface area contributed by atoms with Gasteiger partial charge in [0.1, 0.15) is 16.9 Å². The van der Waals surface area contributed by atoms with E-state index in [1.807, 2.05) is 0 Å². The lowest BCUT2D eigenvalue weighted by molar-refractivity contribution is -0.292. The molecule has 0 atom stereocenters. The molecule has 2 aromatic rings. The molecule has 3 N–H and O–H groups in total. The van der Waals surface area contributed by atoms with Crippen LogP contribution in [0.5, 0.6) is 0 Å². The van der Waals surface area contributed by atoms with Gasteiger partial charge in [0.25, 0.3) is 5.91 Å². The smallest absolute Gasteiger partial charge is 0.475 e. The van der Waals surface area contributed by atoms with E-state index in [1.165, 1.54) is 12.1 Å². The summed E-state index contributed by atoms with van der Waals surface area (Å²) in [7, 11) is 0.672. The molecule has 1 fully saturated rings. The second-order valence-corrected chi connectivity index (χ2v) is 8.28. The minimum atomic E-state index is -6.35. The number of fused-ring (bicyclic) bond motifs is 2. The number of nitrogens with one attached hydrogen (secondary N) is 2. The summed E-state index contributed by atoms with van der Waals surface area (Å²) in [5.74, 6) is -10.2. The molecular formula is C20H15F11N4O4. The topological polar surface area (TPSA) is 105 Å². The number of aliphatic carboxylic acids is 1. The van der Waals surface area contributed by atoms with Gasteiger partial charge in [-0.3, -0.25) is 9.48 Å². The van der Waals surface area contributed by atoms with Gasteiger partial charge in [0.2, 0.25) is 0 Å². The Labute approximate surface area is 209 Å². The van der Waals surface area contributed by atoms with Crippen LogP contribution >= 0.6 is 0 Å². The Balaban J connectivity index is 0.000000532. The molecule has 0 radical (unpaired) electrons. The molecule has 1 saturated heterocycles. The molecule has 39 heavy (non-hydrogen) atoms. The van der Waals surface area contributed by atoms with Crippen molar-refractivity contribution in [3.63, 3.8) is 0 Å². The Bertz CT molecular complexity index is 1280. The summed E-state index contributed by atoms with van der Waals surface area (Å²) in [6.07, 6.45) is -17.1. The number of anilines is 1. The number of aryl methyl sites for hydroxylation is 1. The standard InChI is InChI=1S/C18H14F8N4O2.C2HF3O2/c1-30-12(11(17(21,22)23)13(29-30)16(19,20)18(24,25)26)14(31)28-9-3-2-8-5-32-15(6-27-7-15)10(8)4-9;3-2(4,5)1(6)7/h2-4,27H,5-7H2,1H3,(H,28,31);(H,6,7). The molecule has 1 spiro atoms. The third kappa shape index (κ3) is 5.63. The van der Waals surface area contributed by atoms with Gasteiger partial charge in [0.15, 0.2) is 5.69 Å². The van der Waals surface area contributed by atoms with Crippen LogP contribution in [0.2, 0.25) is 0 Å². The summed E-state index contributed by atoms with van der Waals surface area (Å²) >= 11 is 0. The molecule has 19 heteroatoms. The molecule has 3 heterocycles. The maximum absolute atomic E-state index is 13.8. The summed E-state index contributed by atoms with van der Waals surface area (Å²) < 4.78 is 144. The van der Waals surface area contributed by atoms with Crippen molar-refractivity contribution in [3.8, 4) is 0 Å². The van der Waals surface area contributed by atoms with Gasteiger partial charge in [-0.1, -0.05) is 6.07 Å². The summed E-state index contributed by atoms with van der Waals surface area (Å²) in [5.41, 5.74) is -5.65. The Morgan fingerprint density at radius 1 is 1.05 bits per heavy atom. The average Bonchev–Trinajstić information content (AvgIpc) is 3.31. The second kappa shape index (κ2) is 9.61. The monoisotopic (exact) mass is 584 g/mol. The first kappa shape index (κ1) is 30.1. The van der Waals surface area contributed by atoms with Crippen LogP contribution in [-0.4, -0.2) is 52.2 Å². The molecule has 4 rings (SSSR count). The first-order chi connectivity index (χ1) is 17.6. The molecule has 216 valence electrons. The van der Waals surface area contributed by atoms with E-state index in [1.54, 1.807) is 6.07 Å². The van der Waals surface area contributed by atoms with Crippen molar-refractivity contribution < 1.29 is 67.7 Å². The van der Waals surface area contributed by atoms with Gasteiger partial charge in [0, 0.05) is 25.8 Å². The Hall–Kier alpha value is -3.48. The highest BCUT2D eigenvalue weighted by Gasteiger charge is 2.64. The highest BCUT2D eigenvalue weighted by Crippen LogP contribution is 2.48. The quantitative estimate of drug-likeness (QED) is 0.465. The molecule has 1 amide bonds. The van der Waals surface area contributed by atoms with E-state index in [-0.39, 0.29) is 10.4 Å². The molecule has 8 nitrogen and oxygen atoms in total. The zero-order chi connectivity index (χ0) is 29.8. The number of carboxylic acid groups (broad SMARTS) is 1. The zero-order valence-electron chi connectivity index (χ0n) is 19.1. The van der Waals surface area contributed by atoms with Crippen LogP contribution in [0.15, 0.2) is 18.2 Å². The number of nitrogens with zero attached hydrogens (tertiary/aromatic N) is 2. The van der Waals surface area contributed by atoms with E-state index < -0.39 is 58.9 Å². The van der Waals surface area contributed by atoms with Crippen LogP contribution in [0.1, 0.15) is 32.9 Å². The van der Waals surface area contributed by atoms with Crippen LogP contribution in [0.3, 0.4) is 0 Å². The third-order valence-electron chi connectivity index (χ3n) is 5.63. The fourth-order valence-corrected chi connectivity index (χ4v) is 3.74. The highest BCUT2D eigenvalue weighted by molar-refractivity contribution is 6.04. The number of ether oxygens (including phenoxy) is 1. The second-order valence-electron chi connectivity index (χ2n) is 8.28. The maximum atomic E-state index is 13.8. The van der Waals surface area contributed by atoms with Crippen LogP contribution in [0, 0.1) is 0 Å². The van der Waals surface area contributed by atoms with E-state index in [0.717, 1.165) is 5.56 Å². The minimum absolute atomic E-state index is 0.0176. The predicted molar refractivity (Wildman–Crippen MR) is 106 cm³/mol. The Morgan fingerprint density at radius 2 is 1.62 bits per heavy atom. The average molecular weight is 584 g/mol. The van der Waals surface area contributed by atoms with Gasteiger partial charge in [-0.05, 0) is 23.3 Å². The van der Waals surface area contributed by atoms with Crippen molar-refractivity contribution in [2.45, 2.75) is 36.7 Å². The lowest BCUT2D eigenvalue weighted by Gasteiger charge is -2.39. The first-order valence-electron chi connectivity index (χ1n) is 10.3. The Morgan fingerprint density at radius 3 is 2.05 bits per heavy atom. The van der Waals surface area contributed by atoms with Crippen LogP contribution < -0.4 is 10.6 Å². The number of hydrogen-bond donors (Lipinski definition) is 3. The molecule has 2 aliphatic rings. The lowest BCUT2D eigenvalue weighted by Crippen LogP contribution is -2.56. The van der Waals surface area contributed by atoms with E-state index >= 15 is 0 Å². The van der Waals surface area contributed by atoms with Crippen molar-refractivity contribution in [2.24, 2.45) is 7.05 Å². The number of aromatic nitrogens is 2. The van der Waals surface area contributed by atoms with Gasteiger partial charge in [-0.15, -0.1) is 0 Å². The maximum Gasteiger partial charge on any atom is 0.490 e. The largest absolute Gasteiger partial charge is 0.490 e. The molecule has 2 aliphatic heterocycles. The van der Waals surface area contributed by atoms with E-state index in [0.29, 0.717) is 32.3 Å². The fraction of sp³-hybridized carbons (Fsp3) is 0.450. The molecule has 0 aliphatic carbocycles. The van der Waals surface area contributed by atoms with Crippen molar-refractivity contribution in [1.82, 2.24) is 15.1 Å². The Kier molecular flexibility index (Phi) is 7.41. The SMILES string of the molecule is Cn1nc(C(F)(F)C(F)(F)F)c(C(F)(F)F)c1C(=O)Nc1ccc2c(c1)C1(CNC1)OC2.O=C(O)C(F)(F)F. The van der Waals surface area contributed by atoms with Crippen LogP contribution in [0.4, 0.5) is 54.0 Å². The van der Waals surface area contributed by atoms with Gasteiger partial charge >= 0.3 is 30.4 Å². The van der Waals surface area contributed by atoms with Crippen LogP contribution in [0.25, 0.3) is 0 Å². The zero-order valence-corrected chi connectivity index (χ0v) is 19.1. The van der Waals surface area contributed by atoms with E-state index in [9.17, 15) is 53.1 Å². The van der Waals surface area contributed by atoms with Crippen molar-refractivity contribution in [1.29, 1.82) is 0 Å².